The molecular formula is C16H9Cl2N3O3S. The Morgan fingerprint density at radius 3 is 2.56 bits per heavy atom. The number of azo groups is 1. The maximum absolute atomic E-state index is 11.6. The van der Waals surface area contributed by atoms with Gasteiger partial charge < -0.3 is 5.11 Å². The number of hydrogen-bond acceptors (Lipinski definition) is 6. The number of carbonyl (C=O) groups is 2. The van der Waals surface area contributed by atoms with Crippen LogP contribution in [0, 0.1) is 0 Å². The minimum absolute atomic E-state index is 0.0521. The predicted molar refractivity (Wildman–Crippen MR) is 97.9 cm³/mol. The molecule has 1 aliphatic rings. The molecule has 2 amide bonds. The fourth-order valence-corrected chi connectivity index (χ4v) is 3.08. The van der Waals surface area contributed by atoms with Crippen LogP contribution in [0.15, 0.2) is 51.5 Å². The Balaban J connectivity index is 1.89. The van der Waals surface area contributed by atoms with Gasteiger partial charge in [0.05, 0.1) is 15.6 Å². The molecule has 0 spiro atoms. The molecule has 3 rings (SSSR count). The number of thioether (sulfide) groups is 1. The SMILES string of the molecule is O=C1NC(=O)/C(=C\c2cc(N=Nc3ccc(Cl)cc3Cl)ccc2O)S1. The van der Waals surface area contributed by atoms with Gasteiger partial charge in [-0.05, 0) is 54.2 Å². The molecule has 2 aromatic carbocycles. The number of phenolic OH excluding ortho intramolecular Hbond substituents is 1. The van der Waals surface area contributed by atoms with E-state index >= 15 is 0 Å². The number of carbonyl (C=O) groups excluding carboxylic acids is 2. The maximum atomic E-state index is 11.6. The second kappa shape index (κ2) is 7.26. The maximum Gasteiger partial charge on any atom is 0.290 e. The Bertz CT molecular complexity index is 944. The van der Waals surface area contributed by atoms with Crippen molar-refractivity contribution in [3.05, 3.63) is 56.9 Å². The summed E-state index contributed by atoms with van der Waals surface area (Å²) in [5, 5.41) is 20.6. The van der Waals surface area contributed by atoms with Crippen LogP contribution in [0.25, 0.3) is 6.08 Å². The fourth-order valence-electron chi connectivity index (χ4n) is 1.96. The molecule has 0 aromatic heterocycles. The van der Waals surface area contributed by atoms with Crippen molar-refractivity contribution in [3.63, 3.8) is 0 Å². The third-order valence-electron chi connectivity index (χ3n) is 3.12. The van der Waals surface area contributed by atoms with E-state index in [0.29, 0.717) is 27.0 Å². The van der Waals surface area contributed by atoms with Crippen LogP contribution in [0.4, 0.5) is 16.2 Å². The molecule has 2 N–H and O–H groups in total. The Hall–Kier alpha value is -2.35. The lowest BCUT2D eigenvalue weighted by Gasteiger charge is -2.02. The molecule has 0 saturated carbocycles. The Labute approximate surface area is 156 Å². The molecule has 0 aliphatic carbocycles. The van der Waals surface area contributed by atoms with Gasteiger partial charge in [-0.2, -0.15) is 5.11 Å². The fraction of sp³-hybridized carbons (Fsp3) is 0. The van der Waals surface area contributed by atoms with Gasteiger partial charge in [-0.25, -0.2) is 0 Å². The van der Waals surface area contributed by atoms with Crippen LogP contribution in [0.3, 0.4) is 0 Å². The van der Waals surface area contributed by atoms with Crippen LogP contribution in [-0.4, -0.2) is 16.3 Å². The van der Waals surface area contributed by atoms with E-state index in [1.165, 1.54) is 18.2 Å². The number of aromatic hydroxyl groups is 1. The van der Waals surface area contributed by atoms with E-state index in [-0.39, 0.29) is 10.7 Å². The first-order valence-electron chi connectivity index (χ1n) is 6.87. The third-order valence-corrected chi connectivity index (χ3v) is 4.47. The zero-order valence-corrected chi connectivity index (χ0v) is 14.7. The summed E-state index contributed by atoms with van der Waals surface area (Å²) in [6, 6.07) is 9.33. The highest BCUT2D eigenvalue weighted by Crippen LogP contribution is 2.33. The molecule has 25 heavy (non-hydrogen) atoms. The van der Waals surface area contributed by atoms with E-state index < -0.39 is 11.1 Å². The number of amides is 2. The molecule has 126 valence electrons. The van der Waals surface area contributed by atoms with Crippen molar-refractivity contribution in [2.75, 3.05) is 0 Å². The Kier molecular flexibility index (Phi) is 5.08. The number of nitrogens with zero attached hydrogens (tertiary/aromatic N) is 2. The number of benzene rings is 2. The van der Waals surface area contributed by atoms with Gasteiger partial charge in [0.2, 0.25) is 0 Å². The van der Waals surface area contributed by atoms with Gasteiger partial charge in [0.15, 0.2) is 0 Å². The van der Waals surface area contributed by atoms with E-state index in [1.807, 2.05) is 0 Å². The van der Waals surface area contributed by atoms with Gasteiger partial charge in [0.25, 0.3) is 11.1 Å². The van der Waals surface area contributed by atoms with Gasteiger partial charge in [-0.1, -0.05) is 23.2 Å². The van der Waals surface area contributed by atoms with Crippen molar-refractivity contribution in [3.8, 4) is 5.75 Å². The van der Waals surface area contributed by atoms with E-state index in [1.54, 1.807) is 24.3 Å². The van der Waals surface area contributed by atoms with Crippen molar-refractivity contribution >= 4 is 63.6 Å². The molecule has 0 bridgehead atoms. The van der Waals surface area contributed by atoms with Crippen LogP contribution in [0.1, 0.15) is 5.56 Å². The topological polar surface area (TPSA) is 91.1 Å². The summed E-state index contributed by atoms with van der Waals surface area (Å²) < 4.78 is 0. The summed E-state index contributed by atoms with van der Waals surface area (Å²) in [6.07, 6.45) is 1.41. The quantitative estimate of drug-likeness (QED) is 0.536. The Morgan fingerprint density at radius 1 is 1.08 bits per heavy atom. The lowest BCUT2D eigenvalue weighted by molar-refractivity contribution is -0.115. The molecule has 1 aliphatic heterocycles. The molecule has 2 aromatic rings. The van der Waals surface area contributed by atoms with E-state index in [0.717, 1.165) is 11.8 Å². The van der Waals surface area contributed by atoms with Gasteiger partial charge in [0, 0.05) is 10.6 Å². The summed E-state index contributed by atoms with van der Waals surface area (Å²) in [7, 11) is 0. The number of rotatable bonds is 3. The molecule has 0 radical (unpaired) electrons. The van der Waals surface area contributed by atoms with Crippen LogP contribution < -0.4 is 5.32 Å². The first-order valence-corrected chi connectivity index (χ1v) is 8.44. The largest absolute Gasteiger partial charge is 0.507 e. The van der Waals surface area contributed by atoms with E-state index in [2.05, 4.69) is 15.5 Å². The number of halogens is 2. The van der Waals surface area contributed by atoms with Crippen molar-refractivity contribution in [1.29, 1.82) is 0 Å². The lowest BCUT2D eigenvalue weighted by Crippen LogP contribution is -2.17. The van der Waals surface area contributed by atoms with E-state index in [9.17, 15) is 14.7 Å². The minimum Gasteiger partial charge on any atom is -0.507 e. The zero-order chi connectivity index (χ0) is 18.0. The molecule has 1 saturated heterocycles. The monoisotopic (exact) mass is 393 g/mol. The smallest absolute Gasteiger partial charge is 0.290 e. The van der Waals surface area contributed by atoms with Gasteiger partial charge in [-0.3, -0.25) is 14.9 Å². The lowest BCUT2D eigenvalue weighted by atomic mass is 10.1. The van der Waals surface area contributed by atoms with Gasteiger partial charge in [-0.15, -0.1) is 5.11 Å². The van der Waals surface area contributed by atoms with E-state index in [4.69, 9.17) is 23.2 Å². The third kappa shape index (κ3) is 4.19. The molecular weight excluding hydrogens is 385 g/mol. The van der Waals surface area contributed by atoms with Crippen molar-refractivity contribution in [1.82, 2.24) is 5.32 Å². The Morgan fingerprint density at radius 2 is 1.88 bits per heavy atom. The summed E-state index contributed by atoms with van der Waals surface area (Å²) in [5.74, 6) is -0.557. The summed E-state index contributed by atoms with van der Waals surface area (Å²) in [4.78, 5) is 23.0. The first-order chi connectivity index (χ1) is 11.9. The highest BCUT2D eigenvalue weighted by Gasteiger charge is 2.25. The highest BCUT2D eigenvalue weighted by molar-refractivity contribution is 8.18. The summed E-state index contributed by atoms with van der Waals surface area (Å²) in [6.45, 7) is 0. The summed E-state index contributed by atoms with van der Waals surface area (Å²) >= 11 is 12.6. The van der Waals surface area contributed by atoms with Crippen LogP contribution in [0.5, 0.6) is 5.75 Å². The predicted octanol–water partition coefficient (Wildman–Crippen LogP) is 5.44. The number of nitrogens with one attached hydrogen (secondary N) is 1. The van der Waals surface area contributed by atoms with Crippen LogP contribution in [0.2, 0.25) is 10.0 Å². The summed E-state index contributed by atoms with van der Waals surface area (Å²) in [5.41, 5.74) is 1.21. The van der Waals surface area contributed by atoms with Crippen LogP contribution in [-0.2, 0) is 4.79 Å². The first kappa shape index (κ1) is 17.5. The second-order valence-corrected chi connectivity index (χ2v) is 6.75. The van der Waals surface area contributed by atoms with Crippen molar-refractivity contribution < 1.29 is 14.7 Å². The molecule has 0 unspecified atom stereocenters. The van der Waals surface area contributed by atoms with Crippen LogP contribution >= 0.6 is 35.0 Å². The molecule has 1 heterocycles. The van der Waals surface area contributed by atoms with Crippen molar-refractivity contribution in [2.24, 2.45) is 10.2 Å². The van der Waals surface area contributed by atoms with Gasteiger partial charge in [0.1, 0.15) is 11.4 Å². The number of imide groups is 1. The molecule has 9 heteroatoms. The zero-order valence-electron chi connectivity index (χ0n) is 12.4. The molecule has 1 fully saturated rings. The number of phenols is 1. The number of hydrogen-bond donors (Lipinski definition) is 2. The average Bonchev–Trinajstić information content (AvgIpc) is 2.87. The average molecular weight is 394 g/mol. The minimum atomic E-state index is -0.505. The molecule has 0 atom stereocenters. The molecule has 6 nitrogen and oxygen atoms in total. The highest BCUT2D eigenvalue weighted by atomic mass is 35.5. The van der Waals surface area contributed by atoms with Gasteiger partial charge >= 0.3 is 0 Å². The van der Waals surface area contributed by atoms with Crippen molar-refractivity contribution in [2.45, 2.75) is 0 Å². The second-order valence-electron chi connectivity index (χ2n) is 4.89. The standard InChI is InChI=1S/C16H9Cl2N3O3S/c17-9-1-3-12(11(18)7-9)21-20-10-2-4-13(22)8(5-10)6-14-15(23)19-16(24)25-14/h1-7,22H,(H,19,23,24)/b14-6+,21-20?. The normalized spacial score (nSPS) is 16.0.